The van der Waals surface area contributed by atoms with Crippen LogP contribution in [0.15, 0.2) is 113 Å². The summed E-state index contributed by atoms with van der Waals surface area (Å²) in [5.41, 5.74) is 5.94. The number of para-hydroxylation sites is 4. The number of phenolic OH excluding ortho intramolecular Hbond substituents is 2. The largest absolute Gasteiger partial charge is 0.504 e. The molecule has 0 bridgehead atoms. The number of benzene rings is 4. The van der Waals surface area contributed by atoms with Crippen molar-refractivity contribution in [1.82, 2.24) is 9.78 Å². The van der Waals surface area contributed by atoms with E-state index in [2.05, 4.69) is 10.2 Å². The van der Waals surface area contributed by atoms with E-state index >= 15 is 0 Å². The van der Waals surface area contributed by atoms with Crippen LogP contribution in [0, 0.1) is 6.92 Å². The second kappa shape index (κ2) is 8.88. The quantitative estimate of drug-likeness (QED) is 0.244. The molecule has 3 heterocycles. The molecule has 2 aliphatic heterocycles. The number of anilines is 2. The first-order valence-corrected chi connectivity index (χ1v) is 12.6. The topological polar surface area (TPSA) is 98.3 Å². The Morgan fingerprint density at radius 1 is 0.769 bits per heavy atom. The van der Waals surface area contributed by atoms with Gasteiger partial charge in [-0.25, -0.2) is 14.7 Å². The smallest absolute Gasteiger partial charge is 0.179 e. The number of nitrogens with zero attached hydrogens (tertiary/aromatic N) is 5. The fourth-order valence-corrected chi connectivity index (χ4v) is 5.23. The van der Waals surface area contributed by atoms with Crippen LogP contribution in [0.3, 0.4) is 0 Å². The summed E-state index contributed by atoms with van der Waals surface area (Å²) in [6, 6.07) is 32.2. The Bertz CT molecular complexity index is 1780. The lowest BCUT2D eigenvalue weighted by Crippen LogP contribution is -2.46. The van der Waals surface area contributed by atoms with E-state index in [-0.39, 0.29) is 11.5 Å². The van der Waals surface area contributed by atoms with E-state index in [1.165, 1.54) is 6.07 Å². The monoisotopic (exact) mass is 512 g/mol. The maximum atomic E-state index is 10.5. The third kappa shape index (κ3) is 3.73. The maximum absolute atomic E-state index is 10.5. The molecule has 190 valence electrons. The normalized spacial score (nSPS) is 15.5. The lowest BCUT2D eigenvalue weighted by atomic mass is 9.93. The van der Waals surface area contributed by atoms with Crippen molar-refractivity contribution in [2.24, 2.45) is 9.98 Å². The van der Waals surface area contributed by atoms with Crippen LogP contribution in [0.25, 0.3) is 5.69 Å². The molecule has 4 aromatic carbocycles. The molecule has 0 unspecified atom stereocenters. The number of aliphatic imine (C=N–C) groups is 2. The lowest BCUT2D eigenvalue weighted by molar-refractivity contribution is 0.403. The first-order chi connectivity index (χ1) is 19.1. The molecule has 3 N–H and O–H groups in total. The minimum Gasteiger partial charge on any atom is -0.504 e. The summed E-state index contributed by atoms with van der Waals surface area (Å²) in [6.07, 6.45) is 0. The minimum absolute atomic E-state index is 0.174. The van der Waals surface area contributed by atoms with Crippen LogP contribution in [-0.4, -0.2) is 31.7 Å². The number of aryl methyl sites for hydroxylation is 1. The van der Waals surface area contributed by atoms with Gasteiger partial charge in [-0.1, -0.05) is 54.6 Å². The van der Waals surface area contributed by atoms with Crippen molar-refractivity contribution in [3.63, 3.8) is 0 Å². The molecule has 8 heteroatoms. The minimum atomic E-state index is -0.402. The van der Waals surface area contributed by atoms with Crippen LogP contribution in [-0.2, 0) is 0 Å². The van der Waals surface area contributed by atoms with Gasteiger partial charge in [0.1, 0.15) is 0 Å². The molecule has 5 aromatic rings. The van der Waals surface area contributed by atoms with E-state index in [1.54, 1.807) is 6.07 Å². The highest BCUT2D eigenvalue weighted by Crippen LogP contribution is 2.49. The van der Waals surface area contributed by atoms with Crippen molar-refractivity contribution < 1.29 is 10.2 Å². The molecule has 7 rings (SSSR count). The van der Waals surface area contributed by atoms with Gasteiger partial charge in [-0.05, 0) is 61.0 Å². The van der Waals surface area contributed by atoms with Crippen LogP contribution < -0.4 is 10.2 Å². The molecule has 8 nitrogen and oxygen atoms in total. The standard InChI is InChI=1S/C31H24N6O2/c1-19-27-28(20-16-17-25(38)26(39)18-20)36-24-15-9-8-14-23(24)33-29(32-21-10-4-2-5-11-21)31(36)34-30(27)37(35-19)22-12-6-3-7-13-22/h2-18,28,38-39H,1H3,(H,32,33)/t28-/m0/s1. The zero-order chi connectivity index (χ0) is 26.5. The van der Waals surface area contributed by atoms with Crippen LogP contribution in [0.4, 0.5) is 22.9 Å². The summed E-state index contributed by atoms with van der Waals surface area (Å²) < 4.78 is 1.85. The van der Waals surface area contributed by atoms with Gasteiger partial charge < -0.3 is 20.4 Å². The number of fused-ring (bicyclic) bond motifs is 4. The molecule has 0 radical (unpaired) electrons. The molecule has 39 heavy (non-hydrogen) atoms. The van der Waals surface area contributed by atoms with Gasteiger partial charge >= 0.3 is 0 Å². The van der Waals surface area contributed by atoms with Gasteiger partial charge in [-0.15, -0.1) is 0 Å². The Labute approximate surface area is 224 Å². The van der Waals surface area contributed by atoms with Crippen molar-refractivity contribution in [2.75, 3.05) is 10.2 Å². The Balaban J connectivity index is 1.51. The van der Waals surface area contributed by atoms with Gasteiger partial charge in [0.05, 0.1) is 28.8 Å². The number of aromatic nitrogens is 2. The van der Waals surface area contributed by atoms with E-state index in [1.807, 2.05) is 103 Å². The second-order valence-corrected chi connectivity index (χ2v) is 9.47. The summed E-state index contributed by atoms with van der Waals surface area (Å²) in [6.45, 7) is 1.97. The summed E-state index contributed by atoms with van der Waals surface area (Å²) in [4.78, 5) is 12.3. The first kappa shape index (κ1) is 22.8. The zero-order valence-corrected chi connectivity index (χ0v) is 21.0. The number of phenols is 2. The van der Waals surface area contributed by atoms with Crippen molar-refractivity contribution in [3.8, 4) is 17.2 Å². The molecule has 0 saturated carbocycles. The van der Waals surface area contributed by atoms with Crippen LogP contribution in [0.1, 0.15) is 22.9 Å². The van der Waals surface area contributed by atoms with E-state index in [0.717, 1.165) is 39.6 Å². The average molecular weight is 513 g/mol. The van der Waals surface area contributed by atoms with E-state index in [0.29, 0.717) is 17.5 Å². The van der Waals surface area contributed by atoms with E-state index < -0.39 is 6.04 Å². The van der Waals surface area contributed by atoms with Gasteiger partial charge in [0.15, 0.2) is 29.0 Å². The van der Waals surface area contributed by atoms with Gasteiger partial charge in [0.25, 0.3) is 0 Å². The van der Waals surface area contributed by atoms with Gasteiger partial charge in [-0.3, -0.25) is 0 Å². The maximum Gasteiger partial charge on any atom is 0.179 e. The molecule has 2 aliphatic rings. The van der Waals surface area contributed by atoms with Crippen molar-refractivity contribution in [3.05, 3.63) is 120 Å². The molecule has 1 aromatic heterocycles. The SMILES string of the molecule is Cc1nn(-c2ccccc2)c2c1[C@H](c1ccc(O)c(O)c1)N1C(=N2)C(Nc2ccccc2)=Nc2ccccc21. The zero-order valence-electron chi connectivity index (χ0n) is 21.0. The highest BCUT2D eigenvalue weighted by atomic mass is 16.3. The molecule has 1 atom stereocenters. The predicted molar refractivity (Wildman–Crippen MR) is 153 cm³/mol. The number of aromatic hydroxyl groups is 2. The average Bonchev–Trinajstić information content (AvgIpc) is 3.30. The molecule has 0 aliphatic carbocycles. The Kier molecular flexibility index (Phi) is 5.19. The third-order valence-corrected chi connectivity index (χ3v) is 6.99. The van der Waals surface area contributed by atoms with Crippen LogP contribution in [0.5, 0.6) is 11.5 Å². The van der Waals surface area contributed by atoms with Gasteiger partial charge in [0, 0.05) is 11.3 Å². The Morgan fingerprint density at radius 3 is 2.26 bits per heavy atom. The third-order valence-electron chi connectivity index (χ3n) is 6.99. The molecule has 0 saturated heterocycles. The number of hydrogen-bond acceptors (Lipinski definition) is 7. The highest BCUT2D eigenvalue weighted by Gasteiger charge is 2.41. The van der Waals surface area contributed by atoms with Crippen molar-refractivity contribution >= 4 is 34.6 Å². The second-order valence-electron chi connectivity index (χ2n) is 9.47. The highest BCUT2D eigenvalue weighted by molar-refractivity contribution is 6.51. The molecular formula is C31H24N6O2. The van der Waals surface area contributed by atoms with Crippen LogP contribution in [0.2, 0.25) is 0 Å². The molecular weight excluding hydrogens is 488 g/mol. The Hall–Kier alpha value is -5.37. The molecule has 0 amide bonds. The summed E-state index contributed by atoms with van der Waals surface area (Å²) in [5.74, 6) is 1.54. The summed E-state index contributed by atoms with van der Waals surface area (Å²) in [5, 5.41) is 29.0. The first-order valence-electron chi connectivity index (χ1n) is 12.6. The van der Waals surface area contributed by atoms with Crippen molar-refractivity contribution in [1.29, 1.82) is 0 Å². The van der Waals surface area contributed by atoms with Crippen molar-refractivity contribution in [2.45, 2.75) is 13.0 Å². The lowest BCUT2D eigenvalue weighted by Gasteiger charge is -2.40. The van der Waals surface area contributed by atoms with E-state index in [4.69, 9.17) is 15.1 Å². The summed E-state index contributed by atoms with van der Waals surface area (Å²) >= 11 is 0. The molecule has 0 spiro atoms. The number of rotatable bonds is 3. The number of nitrogens with one attached hydrogen (secondary N) is 1. The predicted octanol–water partition coefficient (Wildman–Crippen LogP) is 6.39. The van der Waals surface area contributed by atoms with E-state index in [9.17, 15) is 10.2 Å². The summed E-state index contributed by atoms with van der Waals surface area (Å²) in [7, 11) is 0. The fraction of sp³-hybridized carbons (Fsp3) is 0.0645. The fourth-order valence-electron chi connectivity index (χ4n) is 5.23. The molecule has 0 fully saturated rings. The van der Waals surface area contributed by atoms with Gasteiger partial charge in [0.2, 0.25) is 0 Å². The Morgan fingerprint density at radius 2 is 1.49 bits per heavy atom. The van der Waals surface area contributed by atoms with Gasteiger partial charge in [-0.2, -0.15) is 5.10 Å². The van der Waals surface area contributed by atoms with Crippen LogP contribution >= 0.6 is 0 Å². The number of hydrogen-bond donors (Lipinski definition) is 3. The number of amidine groups is 2.